The number of aromatic amines is 1. The smallest absolute Gasteiger partial charge is 0.274 e. The molecule has 0 bridgehead atoms. The Labute approximate surface area is 174 Å². The summed E-state index contributed by atoms with van der Waals surface area (Å²) in [5.41, 5.74) is 1.55. The third-order valence-corrected chi connectivity index (χ3v) is 6.94. The number of amides is 1. The molecule has 2 heterocycles. The lowest BCUT2D eigenvalue weighted by Gasteiger charge is -2.13. The zero-order chi connectivity index (χ0) is 21.3. The molecule has 1 atom stereocenters. The van der Waals surface area contributed by atoms with Crippen molar-refractivity contribution in [2.45, 2.75) is 38.7 Å². The number of thioether (sulfide) groups is 1. The van der Waals surface area contributed by atoms with Crippen LogP contribution in [0.4, 0.5) is 11.4 Å². The van der Waals surface area contributed by atoms with Gasteiger partial charge in [0.25, 0.3) is 11.2 Å². The number of nitro groups is 1. The quantitative estimate of drug-likeness (QED) is 0.448. The fraction of sp³-hybridized carbons (Fsp3) is 0.316. The summed E-state index contributed by atoms with van der Waals surface area (Å²) >= 11 is 2.81. The van der Waals surface area contributed by atoms with Gasteiger partial charge in [0.05, 0.1) is 32.6 Å². The molecule has 1 aromatic carbocycles. The SMILES string of the molecule is Cc1sc2nc(CSC(C)C(=O)Nc3cccc([N+](=O)[O-])c3C)[nH]c(=O)c2c1C. The van der Waals surface area contributed by atoms with Crippen molar-refractivity contribution in [3.63, 3.8) is 0 Å². The molecule has 10 heteroatoms. The minimum atomic E-state index is -0.477. The monoisotopic (exact) mass is 432 g/mol. The number of carbonyl (C=O) groups excluding carboxylic acids is 1. The number of benzene rings is 1. The number of nitrogens with zero attached hydrogens (tertiary/aromatic N) is 2. The Morgan fingerprint density at radius 1 is 1.34 bits per heavy atom. The van der Waals surface area contributed by atoms with Crippen LogP contribution in [0, 0.1) is 30.9 Å². The van der Waals surface area contributed by atoms with Crippen molar-refractivity contribution < 1.29 is 9.72 Å². The summed E-state index contributed by atoms with van der Waals surface area (Å²) in [5, 5.41) is 14.0. The van der Waals surface area contributed by atoms with Crippen molar-refractivity contribution in [2.75, 3.05) is 5.32 Å². The molecule has 0 saturated heterocycles. The molecular weight excluding hydrogens is 412 g/mol. The molecule has 1 amide bonds. The van der Waals surface area contributed by atoms with E-state index in [1.807, 2.05) is 13.8 Å². The first-order valence-electron chi connectivity index (χ1n) is 8.84. The van der Waals surface area contributed by atoms with E-state index in [4.69, 9.17) is 0 Å². The minimum absolute atomic E-state index is 0.0419. The van der Waals surface area contributed by atoms with Crippen molar-refractivity contribution in [3.05, 3.63) is 60.5 Å². The fourth-order valence-corrected chi connectivity index (χ4v) is 4.64. The summed E-state index contributed by atoms with van der Waals surface area (Å²) in [7, 11) is 0. The molecule has 2 aromatic heterocycles. The van der Waals surface area contributed by atoms with Crippen molar-refractivity contribution in [1.82, 2.24) is 9.97 Å². The van der Waals surface area contributed by atoms with E-state index in [1.54, 1.807) is 19.9 Å². The molecule has 1 unspecified atom stereocenters. The van der Waals surface area contributed by atoms with E-state index < -0.39 is 10.2 Å². The fourth-order valence-electron chi connectivity index (χ4n) is 2.84. The Bertz CT molecular complexity index is 1170. The van der Waals surface area contributed by atoms with E-state index in [2.05, 4.69) is 15.3 Å². The van der Waals surface area contributed by atoms with Crippen LogP contribution in [-0.2, 0) is 10.5 Å². The van der Waals surface area contributed by atoms with E-state index in [1.165, 1.54) is 35.2 Å². The summed E-state index contributed by atoms with van der Waals surface area (Å²) in [6, 6.07) is 4.56. The number of thiophene rings is 1. The average Bonchev–Trinajstić information content (AvgIpc) is 2.95. The van der Waals surface area contributed by atoms with Crippen LogP contribution < -0.4 is 10.9 Å². The molecule has 152 valence electrons. The lowest BCUT2D eigenvalue weighted by Crippen LogP contribution is -2.23. The maximum atomic E-state index is 12.5. The molecule has 0 fully saturated rings. The number of aryl methyl sites for hydroxylation is 2. The highest BCUT2D eigenvalue weighted by Gasteiger charge is 2.19. The zero-order valence-electron chi connectivity index (χ0n) is 16.4. The molecular formula is C19H20N4O4S2. The Balaban J connectivity index is 1.70. The van der Waals surface area contributed by atoms with Gasteiger partial charge in [0.15, 0.2) is 0 Å². The standard InChI is InChI=1S/C19H20N4O4S2/c1-9-11(3)29-19-16(9)18(25)21-15(22-19)8-28-12(4)17(24)20-13-6-5-7-14(10(13)2)23(26)27/h5-7,12H,8H2,1-4H3,(H,20,24)(H,21,22,25). The second-order valence-corrected chi connectivity index (χ2v) is 9.16. The molecule has 0 radical (unpaired) electrons. The molecule has 2 N–H and O–H groups in total. The number of H-pyrrole nitrogens is 1. The Hall–Kier alpha value is -2.72. The highest BCUT2D eigenvalue weighted by Crippen LogP contribution is 2.28. The Kier molecular flexibility index (Phi) is 6.04. The summed E-state index contributed by atoms with van der Waals surface area (Å²) in [5.74, 6) is 0.605. The van der Waals surface area contributed by atoms with Gasteiger partial charge in [-0.15, -0.1) is 23.1 Å². The first-order valence-corrected chi connectivity index (χ1v) is 10.7. The number of hydrogen-bond donors (Lipinski definition) is 2. The molecule has 8 nitrogen and oxygen atoms in total. The number of nitrogens with one attached hydrogen (secondary N) is 2. The Morgan fingerprint density at radius 3 is 2.76 bits per heavy atom. The van der Waals surface area contributed by atoms with E-state index in [-0.39, 0.29) is 17.2 Å². The van der Waals surface area contributed by atoms with E-state index in [9.17, 15) is 19.7 Å². The summed E-state index contributed by atoms with van der Waals surface area (Å²) in [4.78, 5) is 44.5. The summed E-state index contributed by atoms with van der Waals surface area (Å²) < 4.78 is 0. The number of hydrogen-bond acceptors (Lipinski definition) is 7. The maximum absolute atomic E-state index is 12.5. The number of aromatic nitrogens is 2. The van der Waals surface area contributed by atoms with Crippen molar-refractivity contribution in [1.29, 1.82) is 0 Å². The van der Waals surface area contributed by atoms with Gasteiger partial charge in [-0.2, -0.15) is 0 Å². The van der Waals surface area contributed by atoms with Crippen LogP contribution in [0.1, 0.15) is 28.8 Å². The van der Waals surface area contributed by atoms with Crippen molar-refractivity contribution in [3.8, 4) is 0 Å². The van der Waals surface area contributed by atoms with Gasteiger partial charge in [-0.05, 0) is 39.3 Å². The molecule has 3 aromatic rings. The highest BCUT2D eigenvalue weighted by molar-refractivity contribution is 7.99. The Morgan fingerprint density at radius 2 is 2.07 bits per heavy atom. The van der Waals surface area contributed by atoms with Crippen molar-refractivity contribution >= 4 is 50.6 Å². The number of nitro benzene ring substituents is 1. The second-order valence-electron chi connectivity index (χ2n) is 6.63. The topological polar surface area (TPSA) is 118 Å². The molecule has 3 rings (SSSR count). The average molecular weight is 433 g/mol. The first kappa shape index (κ1) is 21.0. The van der Waals surface area contributed by atoms with Crippen LogP contribution in [0.25, 0.3) is 10.2 Å². The number of anilines is 1. The lowest BCUT2D eigenvalue weighted by molar-refractivity contribution is -0.385. The zero-order valence-corrected chi connectivity index (χ0v) is 18.0. The largest absolute Gasteiger partial charge is 0.325 e. The van der Waals surface area contributed by atoms with Crippen LogP contribution in [0.15, 0.2) is 23.0 Å². The molecule has 29 heavy (non-hydrogen) atoms. The molecule has 0 aliphatic heterocycles. The molecule has 0 saturated carbocycles. The van der Waals surface area contributed by atoms with E-state index >= 15 is 0 Å². The maximum Gasteiger partial charge on any atom is 0.274 e. The molecule has 0 aliphatic carbocycles. The van der Waals surface area contributed by atoms with E-state index in [0.717, 1.165) is 10.4 Å². The van der Waals surface area contributed by atoms with Gasteiger partial charge in [0, 0.05) is 10.9 Å². The van der Waals surface area contributed by atoms with Crippen LogP contribution in [-0.4, -0.2) is 26.0 Å². The van der Waals surface area contributed by atoms with Crippen LogP contribution in [0.2, 0.25) is 0 Å². The minimum Gasteiger partial charge on any atom is -0.325 e. The number of carbonyl (C=O) groups is 1. The molecule has 0 aliphatic rings. The predicted octanol–water partition coefficient (Wildman–Crippen LogP) is 4.08. The number of fused-ring (bicyclic) bond motifs is 1. The second kappa shape index (κ2) is 8.34. The summed E-state index contributed by atoms with van der Waals surface area (Å²) in [6.07, 6.45) is 0. The number of rotatable bonds is 6. The van der Waals surface area contributed by atoms with Crippen molar-refractivity contribution in [2.24, 2.45) is 0 Å². The third-order valence-electron chi connectivity index (χ3n) is 4.69. The van der Waals surface area contributed by atoms with Gasteiger partial charge in [-0.25, -0.2) is 4.98 Å². The lowest BCUT2D eigenvalue weighted by atomic mass is 10.1. The van der Waals surface area contributed by atoms with Gasteiger partial charge in [0.2, 0.25) is 5.91 Å². The van der Waals surface area contributed by atoms with Gasteiger partial charge >= 0.3 is 0 Å². The summed E-state index contributed by atoms with van der Waals surface area (Å²) in [6.45, 7) is 7.20. The van der Waals surface area contributed by atoms with Gasteiger partial charge < -0.3 is 10.3 Å². The van der Waals surface area contributed by atoms with Crippen LogP contribution in [0.3, 0.4) is 0 Å². The van der Waals surface area contributed by atoms with Gasteiger partial charge in [-0.3, -0.25) is 19.7 Å². The first-order chi connectivity index (χ1) is 13.7. The normalized spacial score (nSPS) is 12.1. The van der Waals surface area contributed by atoms with E-state index in [0.29, 0.717) is 33.0 Å². The van der Waals surface area contributed by atoms with Gasteiger partial charge in [-0.1, -0.05) is 6.07 Å². The predicted molar refractivity (Wildman–Crippen MR) is 117 cm³/mol. The van der Waals surface area contributed by atoms with Crippen LogP contribution >= 0.6 is 23.1 Å². The molecule has 0 spiro atoms. The highest BCUT2D eigenvalue weighted by atomic mass is 32.2. The van der Waals surface area contributed by atoms with Gasteiger partial charge in [0.1, 0.15) is 10.7 Å². The third kappa shape index (κ3) is 4.33. The van der Waals surface area contributed by atoms with Crippen LogP contribution in [0.5, 0.6) is 0 Å².